The summed E-state index contributed by atoms with van der Waals surface area (Å²) in [5.41, 5.74) is 5.39. The highest BCUT2D eigenvalue weighted by Crippen LogP contribution is 2.13. The van der Waals surface area contributed by atoms with Gasteiger partial charge in [-0.25, -0.2) is 0 Å². The van der Waals surface area contributed by atoms with Crippen LogP contribution in [0.1, 0.15) is 13.3 Å². The largest absolute Gasteiger partial charge is 0.393 e. The van der Waals surface area contributed by atoms with E-state index in [0.717, 1.165) is 19.5 Å². The van der Waals surface area contributed by atoms with Crippen molar-refractivity contribution in [3.63, 3.8) is 0 Å². The molecular formula is C7H14N2OS. The maximum absolute atomic E-state index is 9.00. The second-order valence-electron chi connectivity index (χ2n) is 3.13. The fraction of sp³-hybridized carbons (Fsp3) is 0.857. The number of thiocarbonyl (C=S) groups is 1. The fourth-order valence-corrected chi connectivity index (χ4v) is 1.51. The number of hydrogen-bond donors (Lipinski definition) is 2. The molecular weight excluding hydrogens is 160 g/mol. The lowest BCUT2D eigenvalue weighted by Crippen LogP contribution is -2.55. The van der Waals surface area contributed by atoms with Crippen molar-refractivity contribution in [1.29, 1.82) is 0 Å². The molecule has 0 bridgehead atoms. The first-order chi connectivity index (χ1) is 5.09. The van der Waals surface area contributed by atoms with Crippen LogP contribution < -0.4 is 5.73 Å². The van der Waals surface area contributed by atoms with Crippen molar-refractivity contribution in [2.24, 2.45) is 5.73 Å². The van der Waals surface area contributed by atoms with Crippen LogP contribution in [-0.2, 0) is 0 Å². The average molecular weight is 174 g/mol. The van der Waals surface area contributed by atoms with Crippen molar-refractivity contribution in [1.82, 2.24) is 4.90 Å². The highest BCUT2D eigenvalue weighted by atomic mass is 32.1. The molecule has 1 aliphatic rings. The standard InChI is InChI=1S/C7H14N2OS/c1-5(2-7(8)11)9-3-6(10)4-9/h5-6,10H,2-4H2,1H3,(H2,8,11). The third kappa shape index (κ3) is 2.39. The van der Waals surface area contributed by atoms with Crippen molar-refractivity contribution in [2.75, 3.05) is 13.1 Å². The van der Waals surface area contributed by atoms with Gasteiger partial charge in [0.2, 0.25) is 0 Å². The molecule has 1 fully saturated rings. The summed E-state index contributed by atoms with van der Waals surface area (Å²) in [6.07, 6.45) is 0.617. The maximum Gasteiger partial charge on any atom is 0.0794 e. The highest BCUT2D eigenvalue weighted by molar-refractivity contribution is 7.80. The molecule has 1 atom stereocenters. The van der Waals surface area contributed by atoms with E-state index in [9.17, 15) is 0 Å². The Kier molecular flexibility index (Phi) is 2.81. The zero-order valence-electron chi connectivity index (χ0n) is 6.66. The third-order valence-electron chi connectivity index (χ3n) is 2.01. The lowest BCUT2D eigenvalue weighted by atomic mass is 10.1. The summed E-state index contributed by atoms with van der Waals surface area (Å²) in [5, 5.41) is 9.00. The molecule has 0 aromatic heterocycles. The Hall–Kier alpha value is -0.190. The summed E-state index contributed by atoms with van der Waals surface area (Å²) in [4.78, 5) is 2.72. The first kappa shape index (κ1) is 8.90. The molecule has 0 radical (unpaired) electrons. The minimum Gasteiger partial charge on any atom is -0.393 e. The van der Waals surface area contributed by atoms with Crippen LogP contribution in [-0.4, -0.2) is 40.2 Å². The minimum absolute atomic E-state index is 0.135. The van der Waals surface area contributed by atoms with Gasteiger partial charge in [0.05, 0.1) is 11.1 Å². The SMILES string of the molecule is CC(CC(N)=S)N1CC(O)C1. The van der Waals surface area contributed by atoms with Crippen molar-refractivity contribution >= 4 is 17.2 Å². The molecule has 1 unspecified atom stereocenters. The molecule has 0 spiro atoms. The van der Waals surface area contributed by atoms with Crippen LogP contribution in [0, 0.1) is 0 Å². The minimum atomic E-state index is -0.135. The molecule has 3 nitrogen and oxygen atoms in total. The Morgan fingerprint density at radius 2 is 2.36 bits per heavy atom. The van der Waals surface area contributed by atoms with E-state index in [1.165, 1.54) is 0 Å². The first-order valence-electron chi connectivity index (χ1n) is 3.80. The molecule has 3 N–H and O–H groups in total. The molecule has 0 aromatic carbocycles. The summed E-state index contributed by atoms with van der Waals surface area (Å²) in [6, 6.07) is 0.385. The topological polar surface area (TPSA) is 49.5 Å². The van der Waals surface area contributed by atoms with E-state index in [4.69, 9.17) is 23.1 Å². The van der Waals surface area contributed by atoms with Crippen LogP contribution in [0.2, 0.25) is 0 Å². The molecule has 1 aliphatic heterocycles. The number of rotatable bonds is 3. The smallest absolute Gasteiger partial charge is 0.0794 e. The normalized spacial score (nSPS) is 22.7. The quantitative estimate of drug-likeness (QED) is 0.578. The van der Waals surface area contributed by atoms with Gasteiger partial charge in [-0.3, -0.25) is 4.90 Å². The number of nitrogens with two attached hydrogens (primary N) is 1. The van der Waals surface area contributed by atoms with Gasteiger partial charge in [0, 0.05) is 25.6 Å². The van der Waals surface area contributed by atoms with E-state index >= 15 is 0 Å². The zero-order valence-corrected chi connectivity index (χ0v) is 7.47. The van der Waals surface area contributed by atoms with Gasteiger partial charge in [0.1, 0.15) is 0 Å². The Morgan fingerprint density at radius 3 is 2.73 bits per heavy atom. The summed E-state index contributed by atoms with van der Waals surface area (Å²) in [6.45, 7) is 3.61. The molecule has 11 heavy (non-hydrogen) atoms. The number of β-amino-alcohol motifs (C(OH)–C–C–N with tert-alkyl or cyclic N) is 1. The molecule has 1 rings (SSSR count). The molecule has 0 saturated carbocycles. The molecule has 1 heterocycles. The Bertz CT molecular complexity index is 157. The van der Waals surface area contributed by atoms with E-state index in [1.807, 2.05) is 0 Å². The fourth-order valence-electron chi connectivity index (χ4n) is 1.27. The van der Waals surface area contributed by atoms with Crippen molar-refractivity contribution < 1.29 is 5.11 Å². The van der Waals surface area contributed by atoms with Crippen LogP contribution in [0.3, 0.4) is 0 Å². The Balaban J connectivity index is 2.21. The van der Waals surface area contributed by atoms with Crippen LogP contribution in [0.4, 0.5) is 0 Å². The second kappa shape index (κ2) is 3.47. The monoisotopic (exact) mass is 174 g/mol. The second-order valence-corrected chi connectivity index (χ2v) is 3.65. The molecule has 0 aromatic rings. The van der Waals surface area contributed by atoms with Crippen molar-refractivity contribution in [3.05, 3.63) is 0 Å². The van der Waals surface area contributed by atoms with E-state index < -0.39 is 0 Å². The summed E-state index contributed by atoms with van der Waals surface area (Å²) < 4.78 is 0. The number of likely N-dealkylation sites (tertiary alicyclic amines) is 1. The summed E-state index contributed by atoms with van der Waals surface area (Å²) in [5.74, 6) is 0. The predicted octanol–water partition coefficient (Wildman–Crippen LogP) is -0.272. The number of aliphatic hydroxyl groups excluding tert-OH is 1. The summed E-state index contributed by atoms with van der Waals surface area (Å²) in [7, 11) is 0. The van der Waals surface area contributed by atoms with E-state index in [-0.39, 0.29) is 6.10 Å². The molecule has 0 aliphatic carbocycles. The number of aliphatic hydroxyl groups is 1. The van der Waals surface area contributed by atoms with E-state index in [0.29, 0.717) is 11.0 Å². The van der Waals surface area contributed by atoms with Crippen LogP contribution in [0.25, 0.3) is 0 Å². The van der Waals surface area contributed by atoms with Crippen molar-refractivity contribution in [3.8, 4) is 0 Å². The van der Waals surface area contributed by atoms with Gasteiger partial charge in [0.25, 0.3) is 0 Å². The van der Waals surface area contributed by atoms with Gasteiger partial charge in [-0.1, -0.05) is 12.2 Å². The van der Waals surface area contributed by atoms with Crippen LogP contribution in [0.5, 0.6) is 0 Å². The van der Waals surface area contributed by atoms with Gasteiger partial charge >= 0.3 is 0 Å². The molecule has 0 amide bonds. The predicted molar refractivity (Wildman–Crippen MR) is 48.4 cm³/mol. The average Bonchev–Trinajstić information content (AvgIpc) is 1.79. The van der Waals surface area contributed by atoms with Crippen LogP contribution in [0.15, 0.2) is 0 Å². The van der Waals surface area contributed by atoms with Gasteiger partial charge in [0.15, 0.2) is 0 Å². The van der Waals surface area contributed by atoms with Gasteiger partial charge in [-0.2, -0.15) is 0 Å². The lowest BCUT2D eigenvalue weighted by Gasteiger charge is -2.40. The lowest BCUT2D eigenvalue weighted by molar-refractivity contribution is -0.0186. The summed E-state index contributed by atoms with van der Waals surface area (Å²) >= 11 is 4.78. The Labute approximate surface area is 72.2 Å². The van der Waals surface area contributed by atoms with Crippen molar-refractivity contribution in [2.45, 2.75) is 25.5 Å². The first-order valence-corrected chi connectivity index (χ1v) is 4.21. The third-order valence-corrected chi connectivity index (χ3v) is 2.18. The molecule has 64 valence electrons. The van der Waals surface area contributed by atoms with E-state index in [1.54, 1.807) is 0 Å². The molecule has 1 saturated heterocycles. The van der Waals surface area contributed by atoms with Gasteiger partial charge in [-0.15, -0.1) is 0 Å². The number of nitrogens with zero attached hydrogens (tertiary/aromatic N) is 1. The Morgan fingerprint density at radius 1 is 1.82 bits per heavy atom. The van der Waals surface area contributed by atoms with Crippen LogP contribution >= 0.6 is 12.2 Å². The van der Waals surface area contributed by atoms with Gasteiger partial charge in [-0.05, 0) is 6.92 Å². The highest BCUT2D eigenvalue weighted by Gasteiger charge is 2.28. The number of hydrogen-bond acceptors (Lipinski definition) is 3. The van der Waals surface area contributed by atoms with E-state index in [2.05, 4.69) is 11.8 Å². The zero-order chi connectivity index (χ0) is 8.43. The molecule has 4 heteroatoms. The van der Waals surface area contributed by atoms with Gasteiger partial charge < -0.3 is 10.8 Å². The maximum atomic E-state index is 9.00.